The van der Waals surface area contributed by atoms with Crippen LogP contribution < -0.4 is 0 Å². The van der Waals surface area contributed by atoms with E-state index in [1.807, 2.05) is 6.92 Å². The molecule has 0 aromatic heterocycles. The van der Waals surface area contributed by atoms with E-state index in [9.17, 15) is 4.79 Å². The third kappa shape index (κ3) is 2.61. The Kier molecular flexibility index (Phi) is 3.54. The van der Waals surface area contributed by atoms with E-state index in [4.69, 9.17) is 11.6 Å². The highest BCUT2D eigenvalue weighted by Gasteiger charge is 2.05. The van der Waals surface area contributed by atoms with Gasteiger partial charge in [-0.05, 0) is 18.1 Å². The third-order valence-corrected chi connectivity index (χ3v) is 1.83. The van der Waals surface area contributed by atoms with E-state index >= 15 is 0 Å². The molecular weight excluding hydrogens is 184 g/mol. The van der Waals surface area contributed by atoms with Gasteiger partial charge in [0.2, 0.25) is 5.78 Å². The normalized spacial score (nSPS) is 8.77. The lowest BCUT2D eigenvalue weighted by molar-refractivity contribution is 0.105. The summed E-state index contributed by atoms with van der Waals surface area (Å²) in [5.74, 6) is 5.02. The summed E-state index contributed by atoms with van der Waals surface area (Å²) in [5, 5.41) is 0.456. The number of Topliss-reactive ketones (excluding diaryl/α,β-unsaturated/α-hetero) is 1. The van der Waals surface area contributed by atoms with E-state index in [2.05, 4.69) is 11.8 Å². The lowest BCUT2D eigenvalue weighted by atomic mass is 10.1. The highest BCUT2D eigenvalue weighted by molar-refractivity contribution is 6.35. The first-order valence-corrected chi connectivity index (χ1v) is 4.41. The number of halogens is 1. The van der Waals surface area contributed by atoms with Gasteiger partial charge in [-0.15, -0.1) is 0 Å². The van der Waals surface area contributed by atoms with Crippen LogP contribution in [0.1, 0.15) is 23.7 Å². The highest BCUT2D eigenvalue weighted by atomic mass is 35.5. The summed E-state index contributed by atoms with van der Waals surface area (Å²) in [6.07, 6.45) is 0.677. The molecule has 0 radical (unpaired) electrons. The highest BCUT2D eigenvalue weighted by Crippen LogP contribution is 2.14. The average Bonchev–Trinajstić information content (AvgIpc) is 2.15. The quantitative estimate of drug-likeness (QED) is 0.380. The molecule has 1 nitrogen and oxygen atoms in total. The molecule has 0 aliphatic rings. The maximum Gasteiger partial charge on any atom is 0.237 e. The van der Waals surface area contributed by atoms with Crippen LogP contribution in [0.2, 0.25) is 5.02 Å². The van der Waals surface area contributed by atoms with Gasteiger partial charge in [-0.1, -0.05) is 36.6 Å². The van der Waals surface area contributed by atoms with Crippen molar-refractivity contribution in [1.29, 1.82) is 0 Å². The third-order valence-electron chi connectivity index (χ3n) is 1.50. The largest absolute Gasteiger partial charge is 0.279 e. The van der Waals surface area contributed by atoms with Gasteiger partial charge in [0.15, 0.2) is 0 Å². The topological polar surface area (TPSA) is 17.1 Å². The van der Waals surface area contributed by atoms with E-state index < -0.39 is 0 Å². The molecule has 1 aromatic rings. The van der Waals surface area contributed by atoms with Gasteiger partial charge in [0.05, 0.1) is 5.02 Å². The average molecular weight is 193 g/mol. The van der Waals surface area contributed by atoms with Crippen LogP contribution in [0.5, 0.6) is 0 Å². The van der Waals surface area contributed by atoms with E-state index in [-0.39, 0.29) is 5.78 Å². The van der Waals surface area contributed by atoms with Crippen LogP contribution in [0.4, 0.5) is 0 Å². The minimum atomic E-state index is -0.215. The van der Waals surface area contributed by atoms with Crippen molar-refractivity contribution < 1.29 is 4.79 Å². The van der Waals surface area contributed by atoms with E-state index in [1.54, 1.807) is 24.3 Å². The first-order chi connectivity index (χ1) is 6.25. The first-order valence-electron chi connectivity index (χ1n) is 4.03. The Balaban J connectivity index is 2.96. The van der Waals surface area contributed by atoms with Crippen molar-refractivity contribution in [2.24, 2.45) is 0 Å². The predicted molar refractivity (Wildman–Crippen MR) is 53.8 cm³/mol. The lowest BCUT2D eigenvalue weighted by Gasteiger charge is -1.95. The number of carbonyl (C=O) groups is 1. The zero-order valence-electron chi connectivity index (χ0n) is 7.30. The van der Waals surface area contributed by atoms with Crippen LogP contribution in [0, 0.1) is 11.8 Å². The van der Waals surface area contributed by atoms with Gasteiger partial charge in [0.25, 0.3) is 0 Å². The molecule has 2 heteroatoms. The zero-order chi connectivity index (χ0) is 9.68. The van der Waals surface area contributed by atoms with Crippen LogP contribution in [-0.2, 0) is 0 Å². The lowest BCUT2D eigenvalue weighted by Crippen LogP contribution is -1.95. The van der Waals surface area contributed by atoms with Crippen molar-refractivity contribution in [3.63, 3.8) is 0 Å². The van der Waals surface area contributed by atoms with Crippen LogP contribution in [-0.4, -0.2) is 5.78 Å². The molecular formula is C11H9ClO. The van der Waals surface area contributed by atoms with Crippen molar-refractivity contribution in [3.05, 3.63) is 34.9 Å². The molecule has 0 N–H and O–H groups in total. The Morgan fingerprint density at radius 1 is 1.46 bits per heavy atom. The Labute approximate surface area is 82.7 Å². The van der Waals surface area contributed by atoms with Crippen molar-refractivity contribution in [1.82, 2.24) is 0 Å². The van der Waals surface area contributed by atoms with Gasteiger partial charge >= 0.3 is 0 Å². The summed E-state index contributed by atoms with van der Waals surface area (Å²) in [6.45, 7) is 1.90. The molecule has 0 aliphatic carbocycles. The second-order valence-electron chi connectivity index (χ2n) is 2.46. The van der Waals surface area contributed by atoms with Gasteiger partial charge < -0.3 is 0 Å². The second kappa shape index (κ2) is 4.69. The monoisotopic (exact) mass is 192 g/mol. The number of carbonyl (C=O) groups excluding carboxylic acids is 1. The Morgan fingerprint density at radius 2 is 2.15 bits per heavy atom. The van der Waals surface area contributed by atoms with E-state index in [0.29, 0.717) is 17.0 Å². The molecule has 0 spiro atoms. The number of benzene rings is 1. The van der Waals surface area contributed by atoms with Gasteiger partial charge in [0, 0.05) is 12.0 Å². The van der Waals surface area contributed by atoms with Crippen LogP contribution in [0.25, 0.3) is 0 Å². The summed E-state index contributed by atoms with van der Waals surface area (Å²) >= 11 is 5.81. The molecule has 0 saturated carbocycles. The maximum absolute atomic E-state index is 11.4. The SMILES string of the molecule is CCC#CC(=O)c1ccccc1Cl. The molecule has 0 unspecified atom stereocenters. The maximum atomic E-state index is 11.4. The van der Waals surface area contributed by atoms with Crippen molar-refractivity contribution >= 4 is 17.4 Å². The van der Waals surface area contributed by atoms with Crippen molar-refractivity contribution in [3.8, 4) is 11.8 Å². The molecule has 0 atom stereocenters. The number of rotatable bonds is 1. The molecule has 1 rings (SSSR count). The first kappa shape index (κ1) is 9.83. The Bertz CT molecular complexity index is 371. The fourth-order valence-corrected chi connectivity index (χ4v) is 1.10. The number of ketones is 1. The number of hydrogen-bond donors (Lipinski definition) is 0. The van der Waals surface area contributed by atoms with Crippen molar-refractivity contribution in [2.45, 2.75) is 13.3 Å². The van der Waals surface area contributed by atoms with Gasteiger partial charge in [-0.25, -0.2) is 0 Å². The fraction of sp³-hybridized carbons (Fsp3) is 0.182. The van der Waals surface area contributed by atoms with Gasteiger partial charge in [0.1, 0.15) is 0 Å². The van der Waals surface area contributed by atoms with Crippen LogP contribution in [0.15, 0.2) is 24.3 Å². The summed E-state index contributed by atoms with van der Waals surface area (Å²) in [6, 6.07) is 6.91. The smallest absolute Gasteiger partial charge is 0.237 e. The summed E-state index contributed by atoms with van der Waals surface area (Å²) < 4.78 is 0. The minimum Gasteiger partial charge on any atom is -0.279 e. The molecule has 0 heterocycles. The molecule has 0 amide bonds. The summed E-state index contributed by atoms with van der Waals surface area (Å²) in [5.41, 5.74) is 0.477. The van der Waals surface area contributed by atoms with Crippen molar-refractivity contribution in [2.75, 3.05) is 0 Å². The minimum absolute atomic E-state index is 0.215. The van der Waals surface area contributed by atoms with Gasteiger partial charge in [-0.3, -0.25) is 4.79 Å². The Morgan fingerprint density at radius 3 is 2.77 bits per heavy atom. The standard InChI is InChI=1S/C11H9ClO/c1-2-3-8-11(13)9-6-4-5-7-10(9)12/h4-7H,2H2,1H3. The molecule has 0 saturated heterocycles. The Hall–Kier alpha value is -1.26. The van der Waals surface area contributed by atoms with Crippen LogP contribution >= 0.6 is 11.6 Å². The predicted octanol–water partition coefficient (Wildman–Crippen LogP) is 2.94. The van der Waals surface area contributed by atoms with E-state index in [1.165, 1.54) is 0 Å². The van der Waals surface area contributed by atoms with E-state index in [0.717, 1.165) is 0 Å². The molecule has 1 aromatic carbocycles. The summed E-state index contributed by atoms with van der Waals surface area (Å²) in [7, 11) is 0. The molecule has 13 heavy (non-hydrogen) atoms. The molecule has 66 valence electrons. The summed E-state index contributed by atoms with van der Waals surface area (Å²) in [4.78, 5) is 11.4. The molecule has 0 aliphatic heterocycles. The zero-order valence-corrected chi connectivity index (χ0v) is 8.06. The van der Waals surface area contributed by atoms with Gasteiger partial charge in [-0.2, -0.15) is 0 Å². The van der Waals surface area contributed by atoms with Crippen LogP contribution in [0.3, 0.4) is 0 Å². The molecule has 0 bridgehead atoms. The fourth-order valence-electron chi connectivity index (χ4n) is 0.881. The molecule has 0 fully saturated rings. The number of hydrogen-bond acceptors (Lipinski definition) is 1. The second-order valence-corrected chi connectivity index (χ2v) is 2.87.